The molecule has 1 unspecified atom stereocenters. The number of carbonyl (C=O) groups excluding carboxylic acids is 2. The molecule has 0 spiro atoms. The molecule has 0 saturated carbocycles. The van der Waals surface area contributed by atoms with Crippen LogP contribution in [0.5, 0.6) is 0 Å². The molecule has 37 heavy (non-hydrogen) atoms. The maximum absolute atomic E-state index is 12.1. The predicted molar refractivity (Wildman–Crippen MR) is 141 cm³/mol. The molecule has 0 aromatic rings. The van der Waals surface area contributed by atoms with E-state index in [0.29, 0.717) is 92.2 Å². The molecule has 0 aliphatic rings. The lowest BCUT2D eigenvalue weighted by molar-refractivity contribution is -0.138. The lowest BCUT2D eigenvalue weighted by Crippen LogP contribution is -2.37. The molecule has 0 bridgehead atoms. The van der Waals surface area contributed by atoms with Crippen molar-refractivity contribution in [3.8, 4) is 0 Å². The highest BCUT2D eigenvalue weighted by Gasteiger charge is 2.23. The number of thioether (sulfide) groups is 1. The smallest absolute Gasteiger partial charge is 0.305 e. The van der Waals surface area contributed by atoms with E-state index in [2.05, 4.69) is 5.32 Å². The lowest BCUT2D eigenvalue weighted by atomic mass is 10.1. The first-order chi connectivity index (χ1) is 17.7. The molecule has 0 aliphatic carbocycles. The van der Waals surface area contributed by atoms with Gasteiger partial charge < -0.3 is 38.8 Å². The van der Waals surface area contributed by atoms with Crippen LogP contribution < -0.4 is 5.32 Å². The summed E-state index contributed by atoms with van der Waals surface area (Å²) in [5, 5.41) is 11.2. The average Bonchev–Trinajstić information content (AvgIpc) is 2.83. The lowest BCUT2D eigenvalue weighted by Gasteiger charge is -2.16. The van der Waals surface area contributed by atoms with Crippen LogP contribution in [0, 0.1) is 5.92 Å². The van der Waals surface area contributed by atoms with E-state index in [0.717, 1.165) is 0 Å². The van der Waals surface area contributed by atoms with E-state index in [1.54, 1.807) is 0 Å². The minimum atomic E-state index is -0.991. The first-order valence-corrected chi connectivity index (χ1v) is 13.8. The van der Waals surface area contributed by atoms with Gasteiger partial charge in [-0.3, -0.25) is 14.4 Å². The number of aliphatic carboxylic acids is 1. The minimum Gasteiger partial charge on any atom is -0.481 e. The van der Waals surface area contributed by atoms with Crippen molar-refractivity contribution in [3.63, 3.8) is 0 Å². The van der Waals surface area contributed by atoms with E-state index < -0.39 is 11.2 Å². The van der Waals surface area contributed by atoms with Gasteiger partial charge >= 0.3 is 5.97 Å². The van der Waals surface area contributed by atoms with Gasteiger partial charge in [0.25, 0.3) is 0 Å². The van der Waals surface area contributed by atoms with Crippen molar-refractivity contribution in [2.24, 2.45) is 5.92 Å². The summed E-state index contributed by atoms with van der Waals surface area (Å²) in [4.78, 5) is 34.5. The zero-order chi connectivity index (χ0) is 27.7. The minimum absolute atomic E-state index is 0.0505. The van der Waals surface area contributed by atoms with Crippen molar-refractivity contribution in [1.29, 1.82) is 0 Å². The van der Waals surface area contributed by atoms with Crippen molar-refractivity contribution in [1.82, 2.24) is 5.32 Å². The number of ether oxygens (including phenoxy) is 6. The molecular weight excluding hydrogens is 506 g/mol. The number of carboxylic acids is 1. The molecule has 0 aromatic heterocycles. The number of carbonyl (C=O) groups is 3. The second-order valence-electron chi connectivity index (χ2n) is 8.61. The van der Waals surface area contributed by atoms with E-state index >= 15 is 0 Å². The fourth-order valence-corrected chi connectivity index (χ4v) is 3.82. The maximum atomic E-state index is 12.1. The van der Waals surface area contributed by atoms with Gasteiger partial charge in [-0.2, -0.15) is 0 Å². The van der Waals surface area contributed by atoms with Crippen molar-refractivity contribution in [3.05, 3.63) is 0 Å². The van der Waals surface area contributed by atoms with E-state index in [9.17, 15) is 14.4 Å². The van der Waals surface area contributed by atoms with Gasteiger partial charge in [-0.05, 0) is 5.25 Å². The van der Waals surface area contributed by atoms with E-state index in [1.807, 2.05) is 27.7 Å². The predicted octanol–water partition coefficient (Wildman–Crippen LogP) is 1.80. The molecule has 2 N–H and O–H groups in total. The summed E-state index contributed by atoms with van der Waals surface area (Å²) in [6, 6.07) is 0. The molecular formula is C25H47NO10S. The quantitative estimate of drug-likeness (QED) is 0.144. The number of ketones is 1. The van der Waals surface area contributed by atoms with Crippen molar-refractivity contribution < 1.29 is 47.9 Å². The summed E-state index contributed by atoms with van der Waals surface area (Å²) in [6.07, 6.45) is 0.240. The number of hydrogen-bond acceptors (Lipinski definition) is 10. The number of rotatable bonds is 27. The molecule has 218 valence electrons. The van der Waals surface area contributed by atoms with Gasteiger partial charge in [-0.1, -0.05) is 27.7 Å². The average molecular weight is 554 g/mol. The molecule has 1 atom stereocenters. The van der Waals surface area contributed by atoms with Gasteiger partial charge in [-0.15, -0.1) is 11.8 Å². The monoisotopic (exact) mass is 553 g/mol. The first-order valence-electron chi connectivity index (χ1n) is 12.9. The summed E-state index contributed by atoms with van der Waals surface area (Å²) < 4.78 is 32.4. The molecule has 0 saturated heterocycles. The van der Waals surface area contributed by atoms with Crippen LogP contribution in [0.2, 0.25) is 0 Å². The molecule has 1 amide bonds. The SMILES string of the molecule is CC(C)SC(CC(=O)O)C(=O)NCCOCCOCCOCCOCCOCCOCCC(=O)C(C)C. The van der Waals surface area contributed by atoms with Crippen LogP contribution in [-0.4, -0.2) is 119 Å². The Morgan fingerprint density at radius 2 is 1.08 bits per heavy atom. The Morgan fingerprint density at radius 1 is 0.676 bits per heavy atom. The van der Waals surface area contributed by atoms with Crippen LogP contribution in [-0.2, 0) is 42.8 Å². The second kappa shape index (κ2) is 25.0. The molecule has 0 aromatic carbocycles. The Morgan fingerprint density at radius 3 is 1.46 bits per heavy atom. The Bertz CT molecular complexity index is 592. The number of Topliss-reactive ketones (excluding diaryl/α,β-unsaturated/α-hetero) is 1. The summed E-state index contributed by atoms with van der Waals surface area (Å²) >= 11 is 1.34. The molecule has 12 heteroatoms. The van der Waals surface area contributed by atoms with Crippen LogP contribution >= 0.6 is 11.8 Å². The van der Waals surface area contributed by atoms with Gasteiger partial charge in [0.15, 0.2) is 0 Å². The second-order valence-corrected chi connectivity index (χ2v) is 10.4. The van der Waals surface area contributed by atoms with Crippen molar-refractivity contribution in [2.45, 2.75) is 51.0 Å². The number of nitrogens with one attached hydrogen (secondary N) is 1. The standard InChI is InChI=1S/C25H47NO10S/c1-20(2)22(27)5-7-31-9-11-33-13-15-35-17-18-36-16-14-34-12-10-32-8-6-26-25(30)23(19-24(28)29)37-21(3)4/h20-21,23H,5-19H2,1-4H3,(H,26,30)(H,28,29). The third-order valence-electron chi connectivity index (χ3n) is 4.63. The summed E-state index contributed by atoms with van der Waals surface area (Å²) in [5.41, 5.74) is 0. The fraction of sp³-hybridized carbons (Fsp3) is 0.880. The number of carboxylic acid groups (broad SMARTS) is 1. The highest BCUT2D eigenvalue weighted by molar-refractivity contribution is 8.01. The normalized spacial score (nSPS) is 12.3. The van der Waals surface area contributed by atoms with Crippen LogP contribution in [0.1, 0.15) is 40.5 Å². The van der Waals surface area contributed by atoms with Gasteiger partial charge in [0, 0.05) is 18.9 Å². The third kappa shape index (κ3) is 24.8. The summed E-state index contributed by atoms with van der Waals surface area (Å²) in [5.74, 6) is -1.02. The van der Waals surface area contributed by atoms with E-state index in [4.69, 9.17) is 33.5 Å². The summed E-state index contributed by atoms with van der Waals surface area (Å²) in [7, 11) is 0. The molecule has 0 aliphatic heterocycles. The van der Waals surface area contributed by atoms with Gasteiger partial charge in [-0.25, -0.2) is 0 Å². The Kier molecular flexibility index (Phi) is 24.2. The Balaban J connectivity index is 3.36. The molecule has 0 heterocycles. The van der Waals surface area contributed by atoms with Crippen molar-refractivity contribution >= 4 is 29.4 Å². The number of amides is 1. The summed E-state index contributed by atoms with van der Waals surface area (Å²) in [6.45, 7) is 13.2. The maximum Gasteiger partial charge on any atom is 0.305 e. The van der Waals surface area contributed by atoms with E-state index in [-0.39, 0.29) is 29.3 Å². The molecule has 0 fully saturated rings. The van der Waals surface area contributed by atoms with E-state index in [1.165, 1.54) is 11.8 Å². The van der Waals surface area contributed by atoms with Gasteiger partial charge in [0.05, 0.1) is 91.0 Å². The van der Waals surface area contributed by atoms with Crippen LogP contribution in [0.4, 0.5) is 0 Å². The van der Waals surface area contributed by atoms with Gasteiger partial charge in [0.2, 0.25) is 5.91 Å². The number of hydrogen-bond donors (Lipinski definition) is 2. The Hall–Kier alpha value is -1.28. The highest BCUT2D eigenvalue weighted by atomic mass is 32.2. The van der Waals surface area contributed by atoms with Crippen LogP contribution in [0.25, 0.3) is 0 Å². The van der Waals surface area contributed by atoms with Crippen molar-refractivity contribution in [2.75, 3.05) is 85.8 Å². The zero-order valence-corrected chi connectivity index (χ0v) is 23.7. The Labute approximate surface area is 225 Å². The molecule has 11 nitrogen and oxygen atoms in total. The largest absolute Gasteiger partial charge is 0.481 e. The zero-order valence-electron chi connectivity index (χ0n) is 22.9. The molecule has 0 rings (SSSR count). The fourth-order valence-electron chi connectivity index (χ4n) is 2.71. The topological polar surface area (TPSA) is 139 Å². The third-order valence-corrected chi connectivity index (χ3v) is 5.88. The first kappa shape index (κ1) is 35.7. The van der Waals surface area contributed by atoms with Gasteiger partial charge in [0.1, 0.15) is 5.78 Å². The van der Waals surface area contributed by atoms with Crippen LogP contribution in [0.15, 0.2) is 0 Å². The highest BCUT2D eigenvalue weighted by Crippen LogP contribution is 2.20. The molecule has 0 radical (unpaired) electrons. The van der Waals surface area contributed by atoms with Crippen LogP contribution in [0.3, 0.4) is 0 Å².